The summed E-state index contributed by atoms with van der Waals surface area (Å²) in [6.45, 7) is 3.54. The lowest BCUT2D eigenvalue weighted by molar-refractivity contribution is -0.139. The molecule has 1 heterocycles. The first-order valence-corrected chi connectivity index (χ1v) is 7.55. The number of amides is 3. The van der Waals surface area contributed by atoms with Gasteiger partial charge in [0.1, 0.15) is 0 Å². The maximum Gasteiger partial charge on any atom is 0.318 e. The standard InChI is InChI=1S/C13H18N4O5S/c1-6(2)10(11(20)17-12(14)21)23-13-15-7(4-8(18)16-13)5-9(19)22-3/h4,6,10H,5H2,1-3H3,(H,15,16,18)(H3,14,17,20,21)/t10-/m1/s1. The van der Waals surface area contributed by atoms with Gasteiger partial charge in [0.05, 0.1) is 24.5 Å². The second-order valence-corrected chi connectivity index (χ2v) is 6.06. The van der Waals surface area contributed by atoms with Crippen molar-refractivity contribution in [1.29, 1.82) is 0 Å². The average Bonchev–Trinajstić information content (AvgIpc) is 2.42. The zero-order valence-electron chi connectivity index (χ0n) is 12.9. The first-order chi connectivity index (χ1) is 10.7. The molecule has 0 unspecified atom stereocenters. The van der Waals surface area contributed by atoms with Crippen molar-refractivity contribution in [2.24, 2.45) is 11.7 Å². The maximum atomic E-state index is 12.0. The van der Waals surface area contributed by atoms with Gasteiger partial charge in [-0.2, -0.15) is 0 Å². The van der Waals surface area contributed by atoms with Crippen LogP contribution >= 0.6 is 11.8 Å². The number of nitrogens with one attached hydrogen (secondary N) is 2. The SMILES string of the molecule is COC(=O)Cc1cc(=O)[nH]c(S[C@@H](C(=O)NC(N)=O)C(C)C)n1. The topological polar surface area (TPSA) is 144 Å². The van der Waals surface area contributed by atoms with Gasteiger partial charge in [-0.1, -0.05) is 25.6 Å². The Morgan fingerprint density at radius 2 is 2.09 bits per heavy atom. The number of esters is 1. The van der Waals surface area contributed by atoms with Gasteiger partial charge in [-0.05, 0) is 5.92 Å². The van der Waals surface area contributed by atoms with E-state index in [-0.39, 0.29) is 23.2 Å². The number of urea groups is 1. The van der Waals surface area contributed by atoms with Crippen molar-refractivity contribution in [3.8, 4) is 0 Å². The molecule has 1 atom stereocenters. The van der Waals surface area contributed by atoms with Crippen molar-refractivity contribution in [3.05, 3.63) is 22.1 Å². The van der Waals surface area contributed by atoms with Crippen molar-refractivity contribution in [1.82, 2.24) is 15.3 Å². The van der Waals surface area contributed by atoms with Crippen molar-refractivity contribution >= 4 is 29.7 Å². The maximum absolute atomic E-state index is 12.0. The van der Waals surface area contributed by atoms with Gasteiger partial charge in [-0.15, -0.1) is 0 Å². The molecule has 1 rings (SSSR count). The first-order valence-electron chi connectivity index (χ1n) is 6.67. The largest absolute Gasteiger partial charge is 0.469 e. The van der Waals surface area contributed by atoms with Crippen LogP contribution < -0.4 is 16.6 Å². The quantitative estimate of drug-likeness (QED) is 0.369. The third-order valence-electron chi connectivity index (χ3n) is 2.68. The van der Waals surface area contributed by atoms with Crippen molar-refractivity contribution in [2.75, 3.05) is 7.11 Å². The number of hydrogen-bond donors (Lipinski definition) is 3. The van der Waals surface area contributed by atoms with Crippen LogP contribution in [0.25, 0.3) is 0 Å². The minimum Gasteiger partial charge on any atom is -0.469 e. The summed E-state index contributed by atoms with van der Waals surface area (Å²) in [4.78, 5) is 52.3. The lowest BCUT2D eigenvalue weighted by atomic mass is 10.1. The molecule has 23 heavy (non-hydrogen) atoms. The third kappa shape index (κ3) is 6.10. The second kappa shape index (κ2) is 8.32. The van der Waals surface area contributed by atoms with Crippen LogP contribution in [0.1, 0.15) is 19.5 Å². The number of methoxy groups -OCH3 is 1. The summed E-state index contributed by atoms with van der Waals surface area (Å²) in [5, 5.41) is 1.47. The number of carbonyl (C=O) groups is 3. The number of carbonyl (C=O) groups excluding carboxylic acids is 3. The van der Waals surface area contributed by atoms with E-state index < -0.39 is 28.7 Å². The number of nitrogens with two attached hydrogens (primary N) is 1. The molecule has 4 N–H and O–H groups in total. The van der Waals surface area contributed by atoms with E-state index in [9.17, 15) is 19.2 Å². The molecule has 0 fully saturated rings. The Morgan fingerprint density at radius 1 is 1.43 bits per heavy atom. The van der Waals surface area contributed by atoms with E-state index in [0.29, 0.717) is 0 Å². The molecule has 3 amide bonds. The number of nitrogens with zero attached hydrogens (tertiary/aromatic N) is 1. The number of thioether (sulfide) groups is 1. The molecular weight excluding hydrogens is 324 g/mol. The molecule has 0 aliphatic carbocycles. The minimum absolute atomic E-state index is 0.158. The molecule has 0 aliphatic heterocycles. The molecule has 10 heteroatoms. The summed E-state index contributed by atoms with van der Waals surface area (Å²) in [5.74, 6) is -1.28. The van der Waals surface area contributed by atoms with E-state index in [4.69, 9.17) is 5.73 Å². The van der Waals surface area contributed by atoms with Gasteiger partial charge in [0, 0.05) is 6.07 Å². The van der Waals surface area contributed by atoms with Gasteiger partial charge in [0.25, 0.3) is 5.56 Å². The minimum atomic E-state index is -0.956. The molecule has 0 radical (unpaired) electrons. The van der Waals surface area contributed by atoms with Gasteiger partial charge < -0.3 is 15.5 Å². The Labute approximate surface area is 136 Å². The summed E-state index contributed by atoms with van der Waals surface area (Å²) in [7, 11) is 1.23. The molecule has 0 saturated carbocycles. The summed E-state index contributed by atoms with van der Waals surface area (Å²) >= 11 is 0.971. The number of aromatic amines is 1. The summed E-state index contributed by atoms with van der Waals surface area (Å²) in [5.41, 5.74) is 4.70. The van der Waals surface area contributed by atoms with E-state index in [1.807, 2.05) is 5.32 Å². The van der Waals surface area contributed by atoms with Gasteiger partial charge in [-0.3, -0.25) is 19.7 Å². The molecule has 126 valence electrons. The number of H-pyrrole nitrogens is 1. The Bertz CT molecular complexity index is 658. The van der Waals surface area contributed by atoms with Crippen LogP contribution in [0.4, 0.5) is 4.79 Å². The molecule has 1 aromatic heterocycles. The Hall–Kier alpha value is -2.36. The van der Waals surface area contributed by atoms with Crippen LogP contribution in [-0.2, 0) is 20.7 Å². The number of rotatable bonds is 6. The Balaban J connectivity index is 3.00. The fourth-order valence-electron chi connectivity index (χ4n) is 1.66. The van der Waals surface area contributed by atoms with E-state index in [1.54, 1.807) is 13.8 Å². The van der Waals surface area contributed by atoms with E-state index in [1.165, 1.54) is 13.2 Å². The molecular formula is C13H18N4O5S. The number of hydrogen-bond acceptors (Lipinski definition) is 7. The van der Waals surface area contributed by atoms with E-state index in [0.717, 1.165) is 11.8 Å². The van der Waals surface area contributed by atoms with Crippen LogP contribution in [0, 0.1) is 5.92 Å². The smallest absolute Gasteiger partial charge is 0.318 e. The van der Waals surface area contributed by atoms with Gasteiger partial charge in [0.15, 0.2) is 5.16 Å². The molecule has 0 bridgehead atoms. The summed E-state index contributed by atoms with van der Waals surface area (Å²) < 4.78 is 4.52. The Morgan fingerprint density at radius 3 is 2.61 bits per heavy atom. The van der Waals surface area contributed by atoms with Crippen LogP contribution in [0.2, 0.25) is 0 Å². The van der Waals surface area contributed by atoms with Crippen LogP contribution in [-0.4, -0.2) is 40.2 Å². The Kier molecular flexibility index (Phi) is 6.76. The fraction of sp³-hybridized carbons (Fsp3) is 0.462. The monoisotopic (exact) mass is 342 g/mol. The van der Waals surface area contributed by atoms with Gasteiger partial charge >= 0.3 is 12.0 Å². The zero-order valence-corrected chi connectivity index (χ0v) is 13.7. The van der Waals surface area contributed by atoms with E-state index in [2.05, 4.69) is 14.7 Å². The highest BCUT2D eigenvalue weighted by molar-refractivity contribution is 8.00. The number of imide groups is 1. The fourth-order valence-corrected chi connectivity index (χ4v) is 2.66. The lowest BCUT2D eigenvalue weighted by Crippen LogP contribution is -2.42. The third-order valence-corrected chi connectivity index (χ3v) is 4.10. The van der Waals surface area contributed by atoms with E-state index >= 15 is 0 Å². The number of aromatic nitrogens is 2. The highest BCUT2D eigenvalue weighted by atomic mass is 32.2. The van der Waals surface area contributed by atoms with Crippen molar-refractivity contribution in [2.45, 2.75) is 30.7 Å². The van der Waals surface area contributed by atoms with Crippen LogP contribution in [0.5, 0.6) is 0 Å². The number of ether oxygens (including phenoxy) is 1. The molecule has 1 aromatic rings. The molecule has 0 aromatic carbocycles. The van der Waals surface area contributed by atoms with Gasteiger partial charge in [-0.25, -0.2) is 9.78 Å². The highest BCUT2D eigenvalue weighted by Gasteiger charge is 2.25. The summed E-state index contributed by atoms with van der Waals surface area (Å²) in [6, 6.07) is 0.219. The molecule has 0 saturated heterocycles. The normalized spacial score (nSPS) is 11.8. The highest BCUT2D eigenvalue weighted by Crippen LogP contribution is 2.25. The van der Waals surface area contributed by atoms with Crippen LogP contribution in [0.15, 0.2) is 16.0 Å². The summed E-state index contributed by atoms with van der Waals surface area (Å²) in [6.07, 6.45) is -0.159. The van der Waals surface area contributed by atoms with Crippen LogP contribution in [0.3, 0.4) is 0 Å². The lowest BCUT2D eigenvalue weighted by Gasteiger charge is -2.18. The number of primary amides is 1. The van der Waals surface area contributed by atoms with Gasteiger partial charge in [0.2, 0.25) is 5.91 Å². The zero-order chi connectivity index (χ0) is 17.6. The van der Waals surface area contributed by atoms with Crippen molar-refractivity contribution in [3.63, 3.8) is 0 Å². The predicted molar refractivity (Wildman–Crippen MR) is 82.8 cm³/mol. The molecule has 0 aliphatic rings. The average molecular weight is 342 g/mol. The molecule has 9 nitrogen and oxygen atoms in total. The predicted octanol–water partition coefficient (Wildman–Crippen LogP) is -0.203. The second-order valence-electron chi connectivity index (χ2n) is 4.93. The first kappa shape index (κ1) is 18.7. The molecule has 0 spiro atoms. The van der Waals surface area contributed by atoms with Crippen molar-refractivity contribution < 1.29 is 19.1 Å².